The van der Waals surface area contributed by atoms with Crippen molar-refractivity contribution in [2.75, 3.05) is 26.2 Å². The Morgan fingerprint density at radius 3 is 2.59 bits per heavy atom. The number of benzene rings is 1. The van der Waals surface area contributed by atoms with Crippen LogP contribution in [0.4, 0.5) is 0 Å². The number of para-hydroxylation sites is 2. The van der Waals surface area contributed by atoms with Crippen LogP contribution in [0, 0.1) is 11.3 Å². The van der Waals surface area contributed by atoms with E-state index >= 15 is 0 Å². The van der Waals surface area contributed by atoms with Crippen LogP contribution in [0.5, 0.6) is 17.4 Å². The minimum Gasteiger partial charge on any atom is -0.489 e. The Hall–Kier alpha value is -3.39. The summed E-state index contributed by atoms with van der Waals surface area (Å²) in [7, 11) is 1.88. The highest BCUT2D eigenvalue weighted by molar-refractivity contribution is 5.92. The highest BCUT2D eigenvalue weighted by Gasteiger charge is 2.30. The van der Waals surface area contributed by atoms with E-state index in [-0.39, 0.29) is 11.3 Å². The van der Waals surface area contributed by atoms with Gasteiger partial charge >= 0.3 is 0 Å². The number of aromatic nitrogens is 3. The van der Waals surface area contributed by atoms with Crippen molar-refractivity contribution < 1.29 is 14.3 Å². The van der Waals surface area contributed by atoms with E-state index in [0.29, 0.717) is 35.9 Å². The van der Waals surface area contributed by atoms with Gasteiger partial charge in [0.25, 0.3) is 5.91 Å². The van der Waals surface area contributed by atoms with E-state index in [9.17, 15) is 4.79 Å². The van der Waals surface area contributed by atoms with Crippen molar-refractivity contribution in [2.24, 2.45) is 18.4 Å². The predicted octanol–water partition coefficient (Wildman–Crippen LogP) is 6.11. The molecule has 0 spiro atoms. The third kappa shape index (κ3) is 7.28. The largest absolute Gasteiger partial charge is 0.489 e. The van der Waals surface area contributed by atoms with Gasteiger partial charge in [0.15, 0.2) is 11.5 Å². The van der Waals surface area contributed by atoms with Crippen LogP contribution in [0.3, 0.4) is 0 Å². The van der Waals surface area contributed by atoms with E-state index in [1.165, 1.54) is 0 Å². The Kier molecular flexibility index (Phi) is 8.97. The average molecular weight is 560 g/mol. The molecule has 3 aromatic rings. The smallest absolute Gasteiger partial charge is 0.272 e. The summed E-state index contributed by atoms with van der Waals surface area (Å²) in [6, 6.07) is 14.3. The van der Waals surface area contributed by atoms with Crippen molar-refractivity contribution in [2.45, 2.75) is 72.4 Å². The minimum atomic E-state index is 0.0330. The molecule has 2 aromatic heterocycles. The predicted molar refractivity (Wildman–Crippen MR) is 160 cm³/mol. The van der Waals surface area contributed by atoms with E-state index in [2.05, 4.69) is 48.7 Å². The van der Waals surface area contributed by atoms with Gasteiger partial charge in [-0.3, -0.25) is 14.4 Å². The summed E-state index contributed by atoms with van der Waals surface area (Å²) in [5.74, 6) is 2.64. The van der Waals surface area contributed by atoms with Gasteiger partial charge in [0.2, 0.25) is 5.88 Å². The molecule has 0 radical (unpaired) electrons. The maximum absolute atomic E-state index is 13.4. The Labute approximate surface area is 244 Å². The van der Waals surface area contributed by atoms with Crippen molar-refractivity contribution in [3.8, 4) is 17.4 Å². The monoisotopic (exact) mass is 559 g/mol. The number of nitrogens with zero attached hydrogens (tertiary/aromatic N) is 5. The molecule has 4 heterocycles. The maximum Gasteiger partial charge on any atom is 0.272 e. The molecule has 1 fully saturated rings. The molecule has 0 N–H and O–H groups in total. The van der Waals surface area contributed by atoms with Crippen LogP contribution < -0.4 is 9.47 Å². The van der Waals surface area contributed by atoms with Crippen LogP contribution in [-0.4, -0.2) is 62.8 Å². The number of carbonyl (C=O) groups is 1. The van der Waals surface area contributed by atoms with E-state index in [1.807, 2.05) is 48.3 Å². The highest BCUT2D eigenvalue weighted by Crippen LogP contribution is 2.35. The zero-order valence-electron chi connectivity index (χ0n) is 25.3. The molecule has 0 bridgehead atoms. The van der Waals surface area contributed by atoms with Crippen LogP contribution in [0.2, 0.25) is 0 Å². The van der Waals surface area contributed by atoms with Crippen molar-refractivity contribution in [3.05, 3.63) is 65.6 Å². The number of rotatable bonds is 4. The number of hydrogen-bond acceptors (Lipinski definition) is 6. The fourth-order valence-corrected chi connectivity index (χ4v) is 5.95. The number of likely N-dealkylation sites (tertiary alicyclic amines) is 1. The lowest BCUT2D eigenvalue weighted by Crippen LogP contribution is -2.47. The van der Waals surface area contributed by atoms with Gasteiger partial charge in [-0.25, -0.2) is 4.98 Å². The molecular formula is C33H45N5O3. The van der Waals surface area contributed by atoms with E-state index in [4.69, 9.17) is 9.47 Å². The summed E-state index contributed by atoms with van der Waals surface area (Å²) in [6.45, 7) is 12.7. The molecule has 0 saturated carbocycles. The molecule has 5 rings (SSSR count). The quantitative estimate of drug-likeness (QED) is 0.384. The van der Waals surface area contributed by atoms with Crippen LogP contribution in [0.15, 0.2) is 48.7 Å². The van der Waals surface area contributed by atoms with Gasteiger partial charge in [0, 0.05) is 44.5 Å². The van der Waals surface area contributed by atoms with E-state index < -0.39 is 0 Å². The topological polar surface area (TPSA) is 72.7 Å². The summed E-state index contributed by atoms with van der Waals surface area (Å²) >= 11 is 0. The van der Waals surface area contributed by atoms with Gasteiger partial charge in [0.05, 0.1) is 12.3 Å². The number of piperidine rings is 1. The molecule has 41 heavy (non-hydrogen) atoms. The third-order valence-electron chi connectivity index (χ3n) is 8.23. The van der Waals surface area contributed by atoms with Crippen LogP contribution in [0.1, 0.15) is 75.1 Å². The van der Waals surface area contributed by atoms with Gasteiger partial charge in [-0.05, 0) is 74.2 Å². The lowest BCUT2D eigenvalue weighted by molar-refractivity contribution is 0.0585. The molecule has 2 aliphatic rings. The third-order valence-corrected chi connectivity index (χ3v) is 8.23. The second-order valence-corrected chi connectivity index (χ2v) is 12.8. The summed E-state index contributed by atoms with van der Waals surface area (Å²) in [5, 5.41) is 4.59. The first kappa shape index (κ1) is 29.1. The fourth-order valence-electron chi connectivity index (χ4n) is 5.95. The molecule has 8 heteroatoms. The number of amides is 1. The van der Waals surface area contributed by atoms with Gasteiger partial charge < -0.3 is 14.4 Å². The zero-order chi connectivity index (χ0) is 29.0. The summed E-state index contributed by atoms with van der Waals surface area (Å²) in [5.41, 5.74) is 2.77. The van der Waals surface area contributed by atoms with Crippen LogP contribution in [0.25, 0.3) is 0 Å². The lowest BCUT2D eigenvalue weighted by Gasteiger charge is -2.39. The number of ether oxygens (including phenoxy) is 2. The molecule has 2 aliphatic heterocycles. The second-order valence-electron chi connectivity index (χ2n) is 12.8. The molecule has 1 aromatic carbocycles. The Bertz CT molecular complexity index is 1330. The average Bonchev–Trinajstić information content (AvgIpc) is 3.31. The Balaban J connectivity index is 1.32. The Morgan fingerprint density at radius 2 is 1.83 bits per heavy atom. The molecule has 8 nitrogen and oxygen atoms in total. The maximum atomic E-state index is 13.4. The lowest BCUT2D eigenvalue weighted by atomic mass is 9.88. The highest BCUT2D eigenvalue weighted by atomic mass is 16.5. The molecule has 0 atom stereocenters. The number of hydrogen-bond donors (Lipinski definition) is 0. The first-order chi connectivity index (χ1) is 19.7. The SMILES string of the molecule is CC(C)Cc1cc(C(=O)N2CCC(N3CCCC(C)(C)COc4ccccc4Oc4ncccc4C3)CC2)n(C)n1. The van der Waals surface area contributed by atoms with Gasteiger partial charge in [-0.15, -0.1) is 0 Å². The number of fused-ring (bicyclic) bond motifs is 2. The number of aryl methyl sites for hydroxylation is 1. The van der Waals surface area contributed by atoms with Crippen molar-refractivity contribution in [1.82, 2.24) is 24.6 Å². The molecule has 0 unspecified atom stereocenters. The van der Waals surface area contributed by atoms with Crippen molar-refractivity contribution in [3.63, 3.8) is 0 Å². The molecule has 1 amide bonds. The first-order valence-electron chi connectivity index (χ1n) is 15.1. The summed E-state index contributed by atoms with van der Waals surface area (Å²) < 4.78 is 14.4. The van der Waals surface area contributed by atoms with Crippen LogP contribution >= 0.6 is 0 Å². The standard InChI is InChI=1S/C33H45N5O3/c1-24(2)20-26-21-28(36(5)35-26)32(39)37-18-13-27(14-19-37)38-17-9-15-33(3,4)23-40-29-11-6-7-12-30(29)41-31-25(22-38)10-8-16-34-31/h6-8,10-12,16,21,24,27H,9,13-15,17-20,22-23H2,1-5H3. The van der Waals surface area contributed by atoms with E-state index in [1.54, 1.807) is 10.9 Å². The number of pyridine rings is 1. The molecule has 0 aliphatic carbocycles. The summed E-state index contributed by atoms with van der Waals surface area (Å²) in [4.78, 5) is 22.6. The normalized spacial score (nSPS) is 18.7. The van der Waals surface area contributed by atoms with Gasteiger partial charge in [0.1, 0.15) is 5.69 Å². The second kappa shape index (κ2) is 12.6. The molecule has 1 saturated heterocycles. The minimum absolute atomic E-state index is 0.0330. The number of carbonyl (C=O) groups excluding carboxylic acids is 1. The molecular weight excluding hydrogens is 514 g/mol. The van der Waals surface area contributed by atoms with Gasteiger partial charge in [-0.2, -0.15) is 5.10 Å². The van der Waals surface area contributed by atoms with E-state index in [0.717, 1.165) is 75.3 Å². The van der Waals surface area contributed by atoms with Crippen molar-refractivity contribution in [1.29, 1.82) is 0 Å². The molecule has 220 valence electrons. The fraction of sp³-hybridized carbons (Fsp3) is 0.545. The zero-order valence-corrected chi connectivity index (χ0v) is 25.3. The first-order valence-corrected chi connectivity index (χ1v) is 15.1. The van der Waals surface area contributed by atoms with Crippen LogP contribution in [-0.2, 0) is 20.0 Å². The summed E-state index contributed by atoms with van der Waals surface area (Å²) in [6.07, 6.45) is 6.67. The Morgan fingerprint density at radius 1 is 1.07 bits per heavy atom. The van der Waals surface area contributed by atoms with Crippen molar-refractivity contribution >= 4 is 5.91 Å². The van der Waals surface area contributed by atoms with Gasteiger partial charge in [-0.1, -0.05) is 45.9 Å².